The minimum absolute atomic E-state index is 0.0728. The number of benzene rings is 1. The van der Waals surface area contributed by atoms with Crippen molar-refractivity contribution in [3.05, 3.63) is 50.6 Å². The lowest BCUT2D eigenvalue weighted by Gasteiger charge is -2.14. The van der Waals surface area contributed by atoms with Crippen molar-refractivity contribution in [2.24, 2.45) is 0 Å². The van der Waals surface area contributed by atoms with Gasteiger partial charge in [0, 0.05) is 17.1 Å². The van der Waals surface area contributed by atoms with Gasteiger partial charge in [-0.15, -0.1) is 11.3 Å². The molecular formula is C17H20Cl2N3O2S+. The summed E-state index contributed by atoms with van der Waals surface area (Å²) in [7, 11) is 1.80. The molecule has 1 atom stereocenters. The Morgan fingerprint density at radius 3 is 2.56 bits per heavy atom. The Morgan fingerprint density at radius 2 is 1.88 bits per heavy atom. The second-order valence-corrected chi connectivity index (χ2v) is 7.51. The minimum Gasteiger partial charge on any atom is -0.351 e. The van der Waals surface area contributed by atoms with Crippen LogP contribution in [-0.2, 0) is 16.0 Å². The van der Waals surface area contributed by atoms with E-state index in [2.05, 4.69) is 10.6 Å². The predicted molar refractivity (Wildman–Crippen MR) is 103 cm³/mol. The quantitative estimate of drug-likeness (QED) is 0.633. The maximum absolute atomic E-state index is 12.0. The molecule has 1 aromatic heterocycles. The van der Waals surface area contributed by atoms with Gasteiger partial charge < -0.3 is 15.5 Å². The van der Waals surface area contributed by atoms with Crippen molar-refractivity contribution < 1.29 is 14.5 Å². The number of hydrogen-bond donors (Lipinski definition) is 3. The van der Waals surface area contributed by atoms with Crippen LogP contribution in [0.4, 0.5) is 5.69 Å². The average molecular weight is 401 g/mol. The Morgan fingerprint density at radius 1 is 1.12 bits per heavy atom. The molecule has 2 rings (SSSR count). The molecule has 0 saturated carbocycles. The van der Waals surface area contributed by atoms with E-state index < -0.39 is 0 Å². The molecule has 2 aromatic rings. The van der Waals surface area contributed by atoms with Gasteiger partial charge in [-0.3, -0.25) is 9.59 Å². The number of quaternary nitrogens is 1. The molecule has 3 N–H and O–H groups in total. The van der Waals surface area contributed by atoms with Crippen molar-refractivity contribution >= 4 is 52.0 Å². The van der Waals surface area contributed by atoms with Gasteiger partial charge in [0.05, 0.1) is 17.1 Å². The first-order chi connectivity index (χ1) is 11.9. The number of anilines is 1. The fraction of sp³-hybridized carbons (Fsp3) is 0.294. The summed E-state index contributed by atoms with van der Waals surface area (Å²) in [5.41, 5.74) is 0.576. The van der Waals surface area contributed by atoms with Gasteiger partial charge in [0.25, 0.3) is 11.8 Å². The summed E-state index contributed by atoms with van der Waals surface area (Å²) in [5.74, 6) is -0.265. The summed E-state index contributed by atoms with van der Waals surface area (Å²) in [6.07, 6.45) is 0.820. The highest BCUT2D eigenvalue weighted by molar-refractivity contribution is 7.09. The van der Waals surface area contributed by atoms with E-state index in [0.717, 1.165) is 11.3 Å². The van der Waals surface area contributed by atoms with Gasteiger partial charge in [0.2, 0.25) is 0 Å². The molecule has 1 heterocycles. The summed E-state index contributed by atoms with van der Waals surface area (Å²) in [6, 6.07) is 8.93. The molecule has 0 bridgehead atoms. The zero-order chi connectivity index (χ0) is 18.2. The van der Waals surface area contributed by atoms with E-state index in [9.17, 15) is 9.59 Å². The highest BCUT2D eigenvalue weighted by Crippen LogP contribution is 2.24. The lowest BCUT2D eigenvalue weighted by molar-refractivity contribution is -0.862. The van der Waals surface area contributed by atoms with Gasteiger partial charge in [0.15, 0.2) is 13.1 Å². The van der Waals surface area contributed by atoms with Crippen molar-refractivity contribution in [3.63, 3.8) is 0 Å². The molecule has 5 nitrogen and oxygen atoms in total. The zero-order valence-electron chi connectivity index (χ0n) is 13.8. The molecule has 0 fully saturated rings. The standard InChI is InChI=1S/C17H19Cl2N3O2S/c1-22(10-16(23)20-7-6-13-3-2-8-25-13)11-17(24)21-12-4-5-14(18)15(19)9-12/h2-5,8-9H,6-7,10-11H2,1H3,(H,20,23)(H,21,24)/p+1. The molecular weight excluding hydrogens is 381 g/mol. The van der Waals surface area contributed by atoms with E-state index >= 15 is 0 Å². The maximum atomic E-state index is 12.0. The highest BCUT2D eigenvalue weighted by atomic mass is 35.5. The van der Waals surface area contributed by atoms with Crippen LogP contribution in [0.2, 0.25) is 10.0 Å². The molecule has 0 spiro atoms. The van der Waals surface area contributed by atoms with Crippen molar-refractivity contribution in [2.45, 2.75) is 6.42 Å². The van der Waals surface area contributed by atoms with E-state index in [0.29, 0.717) is 22.3 Å². The predicted octanol–water partition coefficient (Wildman–Crippen LogP) is 1.87. The Hall–Kier alpha value is -1.60. The van der Waals surface area contributed by atoms with Crippen LogP contribution < -0.4 is 15.5 Å². The highest BCUT2D eigenvalue weighted by Gasteiger charge is 2.14. The Balaban J connectivity index is 1.69. The number of carbonyl (C=O) groups excluding carboxylic acids is 2. The number of amides is 2. The van der Waals surface area contributed by atoms with E-state index in [1.54, 1.807) is 36.6 Å². The SMILES string of the molecule is C[NH+](CC(=O)NCCc1cccs1)CC(=O)Nc1ccc(Cl)c(Cl)c1. The lowest BCUT2D eigenvalue weighted by Crippen LogP contribution is -3.11. The minimum atomic E-state index is -0.192. The van der Waals surface area contributed by atoms with Gasteiger partial charge in [-0.1, -0.05) is 29.3 Å². The van der Waals surface area contributed by atoms with Crippen LogP contribution in [0.15, 0.2) is 35.7 Å². The smallest absolute Gasteiger partial charge is 0.279 e. The molecule has 0 radical (unpaired) electrons. The summed E-state index contributed by atoms with van der Waals surface area (Å²) in [6.45, 7) is 1.01. The van der Waals surface area contributed by atoms with Crippen molar-refractivity contribution in [1.29, 1.82) is 0 Å². The Kier molecular flexibility index (Phi) is 7.71. The molecule has 8 heteroatoms. The number of rotatable bonds is 8. The maximum Gasteiger partial charge on any atom is 0.279 e. The van der Waals surface area contributed by atoms with E-state index in [1.165, 1.54) is 4.88 Å². The Bertz CT molecular complexity index is 723. The van der Waals surface area contributed by atoms with E-state index in [-0.39, 0.29) is 24.9 Å². The molecule has 0 aliphatic rings. The van der Waals surface area contributed by atoms with Crippen molar-refractivity contribution in [3.8, 4) is 0 Å². The molecule has 0 saturated heterocycles. The molecule has 0 aliphatic carbocycles. The molecule has 25 heavy (non-hydrogen) atoms. The third kappa shape index (κ3) is 7.04. The van der Waals surface area contributed by atoms with Crippen molar-refractivity contribution in [2.75, 3.05) is 32.0 Å². The molecule has 134 valence electrons. The first-order valence-electron chi connectivity index (χ1n) is 7.79. The monoisotopic (exact) mass is 400 g/mol. The van der Waals surface area contributed by atoms with Gasteiger partial charge in [0.1, 0.15) is 0 Å². The van der Waals surface area contributed by atoms with Crippen LogP contribution in [0, 0.1) is 0 Å². The number of likely N-dealkylation sites (N-methyl/N-ethyl adjacent to an activating group) is 1. The third-order valence-corrected chi connectivity index (χ3v) is 5.08. The summed E-state index contributed by atoms with van der Waals surface area (Å²) < 4.78 is 0. The van der Waals surface area contributed by atoms with Crippen LogP contribution in [-0.4, -0.2) is 38.5 Å². The van der Waals surface area contributed by atoms with Crippen LogP contribution in [0.1, 0.15) is 4.88 Å². The second kappa shape index (κ2) is 9.77. The fourth-order valence-corrected chi connectivity index (χ4v) is 3.24. The van der Waals surface area contributed by atoms with Crippen LogP contribution in [0.3, 0.4) is 0 Å². The first kappa shape index (κ1) is 19.7. The number of carbonyl (C=O) groups is 2. The number of thiophene rings is 1. The molecule has 1 aromatic carbocycles. The first-order valence-corrected chi connectivity index (χ1v) is 9.43. The third-order valence-electron chi connectivity index (χ3n) is 3.40. The topological polar surface area (TPSA) is 62.6 Å². The average Bonchev–Trinajstić information content (AvgIpc) is 3.04. The van der Waals surface area contributed by atoms with Gasteiger partial charge >= 0.3 is 0 Å². The molecule has 1 unspecified atom stereocenters. The molecule has 0 aliphatic heterocycles. The summed E-state index contributed by atoms with van der Waals surface area (Å²) in [4.78, 5) is 26.0. The zero-order valence-corrected chi connectivity index (χ0v) is 16.1. The molecule has 2 amide bonds. The Labute approximate surface area is 160 Å². The van der Waals surface area contributed by atoms with Crippen LogP contribution in [0.25, 0.3) is 0 Å². The second-order valence-electron chi connectivity index (χ2n) is 5.67. The number of halogens is 2. The number of nitrogens with one attached hydrogen (secondary N) is 3. The van der Waals surface area contributed by atoms with Gasteiger partial charge in [-0.05, 0) is 36.1 Å². The van der Waals surface area contributed by atoms with E-state index in [1.807, 2.05) is 17.5 Å². The fourth-order valence-electron chi connectivity index (χ4n) is 2.23. The van der Waals surface area contributed by atoms with Crippen LogP contribution in [0.5, 0.6) is 0 Å². The van der Waals surface area contributed by atoms with Crippen LogP contribution >= 0.6 is 34.5 Å². The van der Waals surface area contributed by atoms with Gasteiger partial charge in [-0.2, -0.15) is 0 Å². The van der Waals surface area contributed by atoms with Gasteiger partial charge in [-0.25, -0.2) is 0 Å². The lowest BCUT2D eigenvalue weighted by atomic mass is 10.3. The summed E-state index contributed by atoms with van der Waals surface area (Å²) in [5, 5.41) is 8.44. The largest absolute Gasteiger partial charge is 0.351 e. The number of hydrogen-bond acceptors (Lipinski definition) is 3. The van der Waals surface area contributed by atoms with Crippen molar-refractivity contribution in [1.82, 2.24) is 5.32 Å². The normalized spacial score (nSPS) is 11.8. The summed E-state index contributed by atoms with van der Waals surface area (Å²) >= 11 is 13.4. The van der Waals surface area contributed by atoms with E-state index in [4.69, 9.17) is 23.2 Å².